The van der Waals surface area contributed by atoms with Crippen molar-refractivity contribution in [3.05, 3.63) is 0 Å². The number of carboxylic acid groups (broad SMARTS) is 1. The number of halogens is 3. The summed E-state index contributed by atoms with van der Waals surface area (Å²) in [6.07, 6.45) is 0.875. The molecule has 0 bridgehead atoms. The van der Waals surface area contributed by atoms with Gasteiger partial charge in [-0.15, -0.1) is 0 Å². The second kappa shape index (κ2) is 17.4. The number of alkyl halides is 3. The summed E-state index contributed by atoms with van der Waals surface area (Å²) >= 11 is 14.4. The van der Waals surface area contributed by atoms with Crippen molar-refractivity contribution in [2.45, 2.75) is 24.6 Å². The summed E-state index contributed by atoms with van der Waals surface area (Å²) in [7, 11) is 0. The van der Waals surface area contributed by atoms with Crippen LogP contribution in [0.3, 0.4) is 0 Å². The first-order chi connectivity index (χ1) is 5.38. The maximum Gasteiger partial charge on any atom is 0.300 e. The number of carboxylic acids is 1. The van der Waals surface area contributed by atoms with Crippen LogP contribution in [0.25, 0.3) is 0 Å². The molecule has 12 heavy (non-hydrogen) atoms. The predicted molar refractivity (Wildman–Crippen MR) is 52.0 cm³/mol. The lowest BCUT2D eigenvalue weighted by molar-refractivity contribution is -0.134. The minimum absolute atomic E-state index is 0.319. The summed E-state index contributed by atoms with van der Waals surface area (Å²) in [5.74, 6) is -0.833. The predicted octanol–water partition coefficient (Wildman–Crippen LogP) is 2.47. The average Bonchev–Trinajstić information content (AvgIpc) is 1.85. The maximum atomic E-state index is 9.00. The molecule has 0 aliphatic rings. The van der Waals surface area contributed by atoms with Gasteiger partial charge in [-0.2, -0.15) is 0 Å². The van der Waals surface area contributed by atoms with Gasteiger partial charge >= 0.3 is 0 Å². The summed E-state index contributed by atoms with van der Waals surface area (Å²) in [5, 5.41) is 15.3. The SMILES string of the molecule is CC(=O)O.CCCO.ClC(Cl)Cl. The first kappa shape index (κ1) is 18.2. The van der Waals surface area contributed by atoms with Gasteiger partial charge in [0.25, 0.3) is 5.97 Å². The first-order valence-corrected chi connectivity index (χ1v) is 4.42. The van der Waals surface area contributed by atoms with E-state index in [4.69, 9.17) is 49.8 Å². The lowest BCUT2D eigenvalue weighted by Gasteiger charge is -1.69. The zero-order valence-corrected chi connectivity index (χ0v) is 9.20. The van der Waals surface area contributed by atoms with E-state index < -0.39 is 10.3 Å². The van der Waals surface area contributed by atoms with Crippen molar-refractivity contribution < 1.29 is 15.0 Å². The van der Waals surface area contributed by atoms with Crippen LogP contribution >= 0.6 is 34.8 Å². The smallest absolute Gasteiger partial charge is 0.300 e. The zero-order valence-electron chi connectivity index (χ0n) is 6.93. The lowest BCUT2D eigenvalue weighted by atomic mass is 10.5. The molecule has 0 spiro atoms. The Bertz CT molecular complexity index is 79.4. The van der Waals surface area contributed by atoms with Crippen molar-refractivity contribution in [2.24, 2.45) is 0 Å². The normalized spacial score (nSPS) is 7.58. The molecule has 0 aromatic carbocycles. The zero-order chi connectivity index (χ0) is 10.6. The van der Waals surface area contributed by atoms with E-state index in [2.05, 4.69) is 0 Å². The molecule has 2 N–H and O–H groups in total. The first-order valence-electron chi connectivity index (χ1n) is 3.11. The molecular formula is C6H13Cl3O3. The third kappa shape index (κ3) is 527. The molecule has 0 amide bonds. The van der Waals surface area contributed by atoms with E-state index in [0.717, 1.165) is 13.3 Å². The van der Waals surface area contributed by atoms with Gasteiger partial charge in [-0.1, -0.05) is 41.7 Å². The van der Waals surface area contributed by atoms with Crippen molar-refractivity contribution in [3.63, 3.8) is 0 Å². The van der Waals surface area contributed by atoms with Gasteiger partial charge in [0.2, 0.25) is 0 Å². The molecule has 0 saturated carbocycles. The number of aliphatic hydroxyl groups excluding tert-OH is 1. The van der Waals surface area contributed by atoms with Crippen LogP contribution in [-0.4, -0.2) is 27.1 Å². The Morgan fingerprint density at radius 1 is 1.42 bits per heavy atom. The number of carbonyl (C=O) groups is 1. The monoisotopic (exact) mass is 238 g/mol. The van der Waals surface area contributed by atoms with Gasteiger partial charge in [-0.25, -0.2) is 0 Å². The molecule has 0 aromatic heterocycles. The topological polar surface area (TPSA) is 57.5 Å². The van der Waals surface area contributed by atoms with Crippen LogP contribution in [0.2, 0.25) is 0 Å². The highest BCUT2D eigenvalue weighted by atomic mass is 35.6. The summed E-state index contributed by atoms with van der Waals surface area (Å²) < 4.78 is -0.750. The summed E-state index contributed by atoms with van der Waals surface area (Å²) in [6.45, 7) is 3.33. The standard InChI is InChI=1S/C3H8O.C2H4O2.CHCl3/c1-2-3-4;1-2(3)4;2-1(3)4/h4H,2-3H2,1H3;1H3,(H,3,4);1H. The Labute approximate surface area is 87.2 Å². The van der Waals surface area contributed by atoms with Gasteiger partial charge < -0.3 is 10.2 Å². The molecule has 76 valence electrons. The summed E-state index contributed by atoms with van der Waals surface area (Å²) in [6, 6.07) is 0. The Morgan fingerprint density at radius 2 is 1.50 bits per heavy atom. The second-order valence-electron chi connectivity index (χ2n) is 1.49. The number of rotatable bonds is 1. The Hall–Kier alpha value is 0.300. The third-order valence-corrected chi connectivity index (χ3v) is 0.224. The lowest BCUT2D eigenvalue weighted by Crippen LogP contribution is -1.78. The molecule has 6 heteroatoms. The van der Waals surface area contributed by atoms with E-state index in [1.807, 2.05) is 6.92 Å². The van der Waals surface area contributed by atoms with Crippen LogP contribution in [0.4, 0.5) is 0 Å². The van der Waals surface area contributed by atoms with E-state index in [1.165, 1.54) is 0 Å². The fraction of sp³-hybridized carbons (Fsp3) is 0.833. The van der Waals surface area contributed by atoms with E-state index in [1.54, 1.807) is 0 Å². The van der Waals surface area contributed by atoms with Gasteiger partial charge in [0.1, 0.15) is 0 Å². The molecule has 0 atom stereocenters. The number of aliphatic carboxylic acids is 1. The fourth-order valence-corrected chi connectivity index (χ4v) is 0. The number of hydrogen-bond donors (Lipinski definition) is 2. The minimum atomic E-state index is -0.833. The molecule has 0 unspecified atom stereocenters. The molecule has 0 fully saturated rings. The Balaban J connectivity index is -0.000000101. The number of hydrogen-bond acceptors (Lipinski definition) is 2. The Kier molecular flexibility index (Phi) is 26.3. The summed E-state index contributed by atoms with van der Waals surface area (Å²) in [4.78, 5) is 9.00. The van der Waals surface area contributed by atoms with Crippen molar-refractivity contribution in [1.82, 2.24) is 0 Å². The maximum absolute atomic E-state index is 9.00. The molecule has 3 nitrogen and oxygen atoms in total. The molecule has 0 aliphatic heterocycles. The molecule has 0 saturated heterocycles. The van der Waals surface area contributed by atoms with Gasteiger partial charge in [0, 0.05) is 13.5 Å². The molecule has 0 radical (unpaired) electrons. The minimum Gasteiger partial charge on any atom is -0.481 e. The van der Waals surface area contributed by atoms with Crippen LogP contribution in [0.1, 0.15) is 20.3 Å². The highest BCUT2D eigenvalue weighted by Gasteiger charge is 1.78. The summed E-state index contributed by atoms with van der Waals surface area (Å²) in [5.41, 5.74) is 0. The van der Waals surface area contributed by atoms with Crippen LogP contribution in [-0.2, 0) is 4.79 Å². The molecular weight excluding hydrogens is 226 g/mol. The highest BCUT2D eigenvalue weighted by Crippen LogP contribution is 2.03. The van der Waals surface area contributed by atoms with Gasteiger partial charge in [0.05, 0.1) is 0 Å². The van der Waals surface area contributed by atoms with Crippen molar-refractivity contribution in [3.8, 4) is 0 Å². The van der Waals surface area contributed by atoms with Crippen LogP contribution in [0.15, 0.2) is 0 Å². The molecule has 0 aliphatic carbocycles. The van der Waals surface area contributed by atoms with Crippen LogP contribution < -0.4 is 0 Å². The quantitative estimate of drug-likeness (QED) is 0.691. The average molecular weight is 240 g/mol. The second-order valence-corrected chi connectivity index (χ2v) is 3.47. The van der Waals surface area contributed by atoms with Gasteiger partial charge in [-0.05, 0) is 6.42 Å². The van der Waals surface area contributed by atoms with Gasteiger partial charge in [-0.3, -0.25) is 4.79 Å². The van der Waals surface area contributed by atoms with Crippen LogP contribution in [0, 0.1) is 0 Å². The van der Waals surface area contributed by atoms with E-state index in [9.17, 15) is 0 Å². The van der Waals surface area contributed by atoms with E-state index in [0.29, 0.717) is 6.61 Å². The largest absolute Gasteiger partial charge is 0.481 e. The van der Waals surface area contributed by atoms with Gasteiger partial charge in [0.15, 0.2) is 4.30 Å². The molecule has 0 aromatic rings. The van der Waals surface area contributed by atoms with Crippen molar-refractivity contribution in [2.75, 3.05) is 6.61 Å². The van der Waals surface area contributed by atoms with E-state index >= 15 is 0 Å². The third-order valence-electron chi connectivity index (χ3n) is 0.224. The van der Waals surface area contributed by atoms with Crippen molar-refractivity contribution in [1.29, 1.82) is 0 Å². The fourth-order valence-electron chi connectivity index (χ4n) is 0. The number of aliphatic hydroxyl groups is 1. The molecule has 0 rings (SSSR count). The molecule has 0 heterocycles. The van der Waals surface area contributed by atoms with E-state index in [-0.39, 0.29) is 0 Å². The van der Waals surface area contributed by atoms with Crippen LogP contribution in [0.5, 0.6) is 0 Å². The Morgan fingerprint density at radius 3 is 1.50 bits per heavy atom. The highest BCUT2D eigenvalue weighted by molar-refractivity contribution is 6.63. The van der Waals surface area contributed by atoms with Crippen molar-refractivity contribution >= 4 is 40.8 Å².